The molecule has 2 aromatic rings. The summed E-state index contributed by atoms with van der Waals surface area (Å²) in [6.45, 7) is 3.93. The molecule has 0 radical (unpaired) electrons. The molecule has 3 nitrogen and oxygen atoms in total. The van der Waals surface area contributed by atoms with Crippen LogP contribution in [0.15, 0.2) is 22.7 Å². The first-order chi connectivity index (χ1) is 8.08. The summed E-state index contributed by atoms with van der Waals surface area (Å²) >= 11 is 0. The van der Waals surface area contributed by atoms with Gasteiger partial charge in [-0.1, -0.05) is 5.16 Å². The third kappa shape index (κ3) is 2.43. The van der Waals surface area contributed by atoms with E-state index in [4.69, 9.17) is 4.52 Å². The van der Waals surface area contributed by atoms with Crippen LogP contribution in [-0.4, -0.2) is 5.16 Å². The largest absolute Gasteiger partial charge is 0.378 e. The van der Waals surface area contributed by atoms with E-state index < -0.39 is 11.6 Å². The third-order valence-corrected chi connectivity index (χ3v) is 2.57. The van der Waals surface area contributed by atoms with Gasteiger partial charge < -0.3 is 9.84 Å². The first-order valence-electron chi connectivity index (χ1n) is 5.18. The second-order valence-electron chi connectivity index (χ2n) is 3.78. The highest BCUT2D eigenvalue weighted by atomic mass is 19.1. The van der Waals surface area contributed by atoms with Gasteiger partial charge in [0.15, 0.2) is 0 Å². The Bertz CT molecular complexity index is 518. The monoisotopic (exact) mass is 238 g/mol. The number of rotatable bonds is 3. The highest BCUT2D eigenvalue weighted by Gasteiger charge is 2.10. The van der Waals surface area contributed by atoms with Gasteiger partial charge in [-0.2, -0.15) is 0 Å². The molecule has 90 valence electrons. The number of halogens is 2. The molecule has 0 amide bonds. The molecule has 1 N–H and O–H groups in total. The predicted octanol–water partition coefficient (Wildman–Crippen LogP) is 3.18. The fraction of sp³-hybridized carbons (Fsp3) is 0.250. The Morgan fingerprint density at radius 2 is 2.06 bits per heavy atom. The first-order valence-corrected chi connectivity index (χ1v) is 5.18. The van der Waals surface area contributed by atoms with Gasteiger partial charge in [-0.15, -0.1) is 0 Å². The Hall–Kier alpha value is -1.91. The Kier molecular flexibility index (Phi) is 3.08. The molecule has 1 heterocycles. The van der Waals surface area contributed by atoms with Crippen molar-refractivity contribution < 1.29 is 13.3 Å². The summed E-state index contributed by atoms with van der Waals surface area (Å²) < 4.78 is 31.2. The van der Waals surface area contributed by atoms with Crippen LogP contribution in [0.3, 0.4) is 0 Å². The number of hydrogen-bond acceptors (Lipinski definition) is 3. The molecule has 0 fully saturated rings. The number of aromatic nitrogens is 1. The van der Waals surface area contributed by atoms with Crippen molar-refractivity contribution in [2.24, 2.45) is 0 Å². The molecule has 0 aliphatic heterocycles. The lowest BCUT2D eigenvalue weighted by Gasteiger charge is -2.07. The molecule has 0 saturated heterocycles. The smallest absolute Gasteiger partial charge is 0.146 e. The maximum absolute atomic E-state index is 13.3. The van der Waals surface area contributed by atoms with Gasteiger partial charge in [0.25, 0.3) is 0 Å². The summed E-state index contributed by atoms with van der Waals surface area (Å²) in [4.78, 5) is 0. The van der Waals surface area contributed by atoms with E-state index in [1.165, 1.54) is 0 Å². The van der Waals surface area contributed by atoms with Crippen LogP contribution in [0.2, 0.25) is 0 Å². The van der Waals surface area contributed by atoms with E-state index in [0.29, 0.717) is 12.3 Å². The van der Waals surface area contributed by atoms with E-state index in [1.807, 2.05) is 0 Å². The molecule has 0 spiro atoms. The van der Waals surface area contributed by atoms with Crippen molar-refractivity contribution in [3.05, 3.63) is 46.9 Å². The average Bonchev–Trinajstić information content (AvgIpc) is 2.61. The van der Waals surface area contributed by atoms with Gasteiger partial charge in [-0.05, 0) is 32.0 Å². The minimum absolute atomic E-state index is 0.130. The average molecular weight is 238 g/mol. The topological polar surface area (TPSA) is 38.1 Å². The highest BCUT2D eigenvalue weighted by molar-refractivity contribution is 5.45. The minimum Gasteiger partial charge on any atom is -0.378 e. The molecule has 17 heavy (non-hydrogen) atoms. The maximum Gasteiger partial charge on any atom is 0.146 e. The van der Waals surface area contributed by atoms with Crippen LogP contribution in [0.5, 0.6) is 0 Å². The number of anilines is 1. The van der Waals surface area contributed by atoms with E-state index in [1.54, 1.807) is 13.8 Å². The van der Waals surface area contributed by atoms with Gasteiger partial charge in [0.05, 0.1) is 11.4 Å². The van der Waals surface area contributed by atoms with Crippen molar-refractivity contribution in [3.63, 3.8) is 0 Å². The summed E-state index contributed by atoms with van der Waals surface area (Å²) in [5.41, 5.74) is 1.73. The number of aryl methyl sites for hydroxylation is 2. The van der Waals surface area contributed by atoms with Crippen molar-refractivity contribution >= 4 is 5.69 Å². The SMILES string of the molecule is Cc1noc(C)c1CNc1cc(F)ccc1F. The Labute approximate surface area is 97.4 Å². The third-order valence-electron chi connectivity index (χ3n) is 2.57. The molecule has 1 aromatic carbocycles. The van der Waals surface area contributed by atoms with E-state index in [2.05, 4.69) is 10.5 Å². The first kappa shape index (κ1) is 11.6. The molecular weight excluding hydrogens is 226 g/mol. The van der Waals surface area contributed by atoms with Crippen molar-refractivity contribution in [1.82, 2.24) is 5.16 Å². The van der Waals surface area contributed by atoms with Crippen molar-refractivity contribution in [2.75, 3.05) is 5.32 Å². The second-order valence-corrected chi connectivity index (χ2v) is 3.78. The molecule has 5 heteroatoms. The Morgan fingerprint density at radius 1 is 1.29 bits per heavy atom. The van der Waals surface area contributed by atoms with E-state index in [9.17, 15) is 8.78 Å². The highest BCUT2D eigenvalue weighted by Crippen LogP contribution is 2.18. The number of benzene rings is 1. The van der Waals surface area contributed by atoms with Crippen molar-refractivity contribution in [3.8, 4) is 0 Å². The Balaban J connectivity index is 2.15. The van der Waals surface area contributed by atoms with E-state index in [0.717, 1.165) is 29.5 Å². The zero-order valence-electron chi connectivity index (χ0n) is 9.55. The predicted molar refractivity (Wildman–Crippen MR) is 59.7 cm³/mol. The molecule has 1 aromatic heterocycles. The number of hydrogen-bond donors (Lipinski definition) is 1. The van der Waals surface area contributed by atoms with Crippen LogP contribution in [0, 0.1) is 25.5 Å². The lowest BCUT2D eigenvalue weighted by Crippen LogP contribution is -2.03. The lowest BCUT2D eigenvalue weighted by molar-refractivity contribution is 0.392. The summed E-state index contributed by atoms with van der Waals surface area (Å²) in [7, 11) is 0. The normalized spacial score (nSPS) is 10.6. The van der Waals surface area contributed by atoms with E-state index >= 15 is 0 Å². The van der Waals surface area contributed by atoms with Crippen LogP contribution < -0.4 is 5.32 Å². The van der Waals surface area contributed by atoms with Gasteiger partial charge in [0, 0.05) is 12.1 Å². The molecule has 0 atom stereocenters. The van der Waals surface area contributed by atoms with Crippen LogP contribution in [0.1, 0.15) is 17.0 Å². The Morgan fingerprint density at radius 3 is 2.71 bits per heavy atom. The minimum atomic E-state index is -0.488. The lowest BCUT2D eigenvalue weighted by atomic mass is 10.2. The molecule has 0 bridgehead atoms. The molecule has 0 saturated carbocycles. The number of nitrogens with one attached hydrogen (secondary N) is 1. The zero-order valence-corrected chi connectivity index (χ0v) is 9.55. The van der Waals surface area contributed by atoms with Gasteiger partial charge in [0.1, 0.15) is 17.4 Å². The van der Waals surface area contributed by atoms with Gasteiger partial charge in [0.2, 0.25) is 0 Å². The summed E-state index contributed by atoms with van der Waals surface area (Å²) in [6, 6.07) is 3.29. The summed E-state index contributed by atoms with van der Waals surface area (Å²) in [6.07, 6.45) is 0. The molecular formula is C12H12F2N2O. The van der Waals surface area contributed by atoms with Crippen LogP contribution in [0.25, 0.3) is 0 Å². The summed E-state index contributed by atoms with van der Waals surface area (Å²) in [5, 5.41) is 6.61. The van der Waals surface area contributed by atoms with Crippen LogP contribution in [-0.2, 0) is 6.54 Å². The standard InChI is InChI=1S/C12H12F2N2O/c1-7-10(8(2)17-16-7)6-15-12-5-9(13)3-4-11(12)14/h3-5,15H,6H2,1-2H3. The quantitative estimate of drug-likeness (QED) is 0.892. The van der Waals surface area contributed by atoms with E-state index in [-0.39, 0.29) is 5.69 Å². The van der Waals surface area contributed by atoms with Gasteiger partial charge in [-0.25, -0.2) is 8.78 Å². The molecule has 0 aliphatic rings. The fourth-order valence-electron chi connectivity index (χ4n) is 1.57. The van der Waals surface area contributed by atoms with Crippen LogP contribution >= 0.6 is 0 Å². The van der Waals surface area contributed by atoms with Crippen LogP contribution in [0.4, 0.5) is 14.5 Å². The van der Waals surface area contributed by atoms with Crippen molar-refractivity contribution in [2.45, 2.75) is 20.4 Å². The summed E-state index contributed by atoms with van der Waals surface area (Å²) in [5.74, 6) is -0.294. The molecule has 0 aliphatic carbocycles. The fourth-order valence-corrected chi connectivity index (χ4v) is 1.57. The number of nitrogens with zero attached hydrogens (tertiary/aromatic N) is 1. The van der Waals surface area contributed by atoms with Crippen molar-refractivity contribution in [1.29, 1.82) is 0 Å². The zero-order chi connectivity index (χ0) is 12.4. The second kappa shape index (κ2) is 4.53. The van der Waals surface area contributed by atoms with Gasteiger partial charge >= 0.3 is 0 Å². The van der Waals surface area contributed by atoms with Gasteiger partial charge in [-0.3, -0.25) is 0 Å². The molecule has 2 rings (SSSR count). The molecule has 0 unspecified atom stereocenters. The maximum atomic E-state index is 13.3.